The number of nitrogens with zero attached hydrogens (tertiary/aromatic N) is 1. The fourth-order valence-electron chi connectivity index (χ4n) is 2.58. The molecule has 0 bridgehead atoms. The summed E-state index contributed by atoms with van der Waals surface area (Å²) in [5.74, 6) is 0.874. The molecule has 5 nitrogen and oxygen atoms in total. The van der Waals surface area contributed by atoms with Crippen LogP contribution in [0.3, 0.4) is 0 Å². The zero-order valence-electron chi connectivity index (χ0n) is 14.5. The molecule has 3 aromatic rings. The number of carbonyl (C=O) groups is 1. The minimum absolute atomic E-state index is 0.138. The molecule has 2 aromatic carbocycles. The fourth-order valence-corrected chi connectivity index (χ4v) is 2.58. The fraction of sp³-hybridized carbons (Fsp3) is 0.143. The third kappa shape index (κ3) is 4.39. The molecule has 0 aliphatic heterocycles. The van der Waals surface area contributed by atoms with Gasteiger partial charge in [0.05, 0.1) is 12.8 Å². The van der Waals surface area contributed by atoms with E-state index in [1.807, 2.05) is 36.4 Å². The largest absolute Gasteiger partial charge is 0.508 e. The van der Waals surface area contributed by atoms with Crippen LogP contribution in [0, 0.1) is 0 Å². The van der Waals surface area contributed by atoms with Gasteiger partial charge in [-0.1, -0.05) is 12.1 Å². The smallest absolute Gasteiger partial charge is 0.251 e. The highest BCUT2D eigenvalue weighted by atomic mass is 16.5. The molecule has 1 heterocycles. The van der Waals surface area contributed by atoms with Crippen molar-refractivity contribution in [2.75, 3.05) is 13.7 Å². The minimum atomic E-state index is -0.138. The van der Waals surface area contributed by atoms with Crippen molar-refractivity contribution in [3.8, 4) is 22.8 Å². The monoisotopic (exact) mass is 348 g/mol. The van der Waals surface area contributed by atoms with Gasteiger partial charge in [-0.15, -0.1) is 0 Å². The molecular weight excluding hydrogens is 328 g/mol. The second-order valence-corrected chi connectivity index (χ2v) is 5.83. The number of rotatable bonds is 6. The minimum Gasteiger partial charge on any atom is -0.508 e. The van der Waals surface area contributed by atoms with Crippen LogP contribution in [0.15, 0.2) is 66.9 Å². The second-order valence-electron chi connectivity index (χ2n) is 5.83. The average molecular weight is 348 g/mol. The maximum Gasteiger partial charge on any atom is 0.251 e. The molecule has 3 rings (SSSR count). The number of phenols is 1. The first kappa shape index (κ1) is 17.5. The molecule has 0 atom stereocenters. The van der Waals surface area contributed by atoms with Crippen molar-refractivity contribution in [3.63, 3.8) is 0 Å². The first-order valence-corrected chi connectivity index (χ1v) is 8.32. The van der Waals surface area contributed by atoms with E-state index in [1.165, 1.54) is 0 Å². The molecule has 0 aliphatic carbocycles. The Morgan fingerprint density at radius 3 is 2.50 bits per heavy atom. The number of pyridine rings is 1. The van der Waals surface area contributed by atoms with Gasteiger partial charge in [-0.05, 0) is 60.5 Å². The summed E-state index contributed by atoms with van der Waals surface area (Å²) in [7, 11) is 1.62. The SMILES string of the molecule is COc1ccc(-c2cc(C(=O)NCCc3ccc(O)cc3)ccn2)cc1. The molecule has 0 radical (unpaired) electrons. The van der Waals surface area contributed by atoms with Crippen LogP contribution in [0.5, 0.6) is 11.5 Å². The predicted molar refractivity (Wildman–Crippen MR) is 100 cm³/mol. The Bertz CT molecular complexity index is 875. The van der Waals surface area contributed by atoms with Crippen LogP contribution in [-0.2, 0) is 6.42 Å². The summed E-state index contributed by atoms with van der Waals surface area (Å²) in [5.41, 5.74) is 3.27. The van der Waals surface area contributed by atoms with Crippen molar-refractivity contribution in [1.82, 2.24) is 10.3 Å². The predicted octanol–water partition coefficient (Wildman–Crippen LogP) is 3.44. The number of ether oxygens (including phenoxy) is 1. The lowest BCUT2D eigenvalue weighted by Gasteiger charge is -2.08. The molecule has 5 heteroatoms. The number of hydrogen-bond donors (Lipinski definition) is 2. The third-order valence-corrected chi connectivity index (χ3v) is 4.04. The number of methoxy groups -OCH3 is 1. The maximum atomic E-state index is 12.4. The van der Waals surface area contributed by atoms with E-state index in [1.54, 1.807) is 37.6 Å². The summed E-state index contributed by atoms with van der Waals surface area (Å²) in [6, 6.07) is 18.0. The first-order valence-electron chi connectivity index (χ1n) is 8.32. The summed E-state index contributed by atoms with van der Waals surface area (Å²) < 4.78 is 5.16. The quantitative estimate of drug-likeness (QED) is 0.716. The highest BCUT2D eigenvalue weighted by molar-refractivity contribution is 5.95. The van der Waals surface area contributed by atoms with Gasteiger partial charge in [0, 0.05) is 23.9 Å². The molecule has 0 unspecified atom stereocenters. The van der Waals surface area contributed by atoms with Gasteiger partial charge in [0.2, 0.25) is 0 Å². The van der Waals surface area contributed by atoms with E-state index in [-0.39, 0.29) is 11.7 Å². The lowest BCUT2D eigenvalue weighted by atomic mass is 10.1. The van der Waals surface area contributed by atoms with Crippen LogP contribution in [0.4, 0.5) is 0 Å². The number of amides is 1. The van der Waals surface area contributed by atoms with E-state index >= 15 is 0 Å². The van der Waals surface area contributed by atoms with Gasteiger partial charge in [-0.25, -0.2) is 0 Å². The molecule has 132 valence electrons. The zero-order chi connectivity index (χ0) is 18.4. The average Bonchev–Trinajstić information content (AvgIpc) is 2.69. The number of phenolic OH excluding ortho intramolecular Hbond substituents is 1. The van der Waals surface area contributed by atoms with Gasteiger partial charge in [0.15, 0.2) is 0 Å². The molecule has 1 aromatic heterocycles. The van der Waals surface area contributed by atoms with Gasteiger partial charge in [0.25, 0.3) is 5.91 Å². The molecule has 0 fully saturated rings. The van der Waals surface area contributed by atoms with Gasteiger partial charge in [-0.2, -0.15) is 0 Å². The Hall–Kier alpha value is -3.34. The molecule has 26 heavy (non-hydrogen) atoms. The van der Waals surface area contributed by atoms with Gasteiger partial charge in [0.1, 0.15) is 11.5 Å². The van der Waals surface area contributed by atoms with E-state index in [2.05, 4.69) is 10.3 Å². The van der Waals surface area contributed by atoms with Crippen molar-refractivity contribution in [1.29, 1.82) is 0 Å². The van der Waals surface area contributed by atoms with Gasteiger partial charge >= 0.3 is 0 Å². The normalized spacial score (nSPS) is 10.3. The first-order chi connectivity index (χ1) is 12.7. The number of benzene rings is 2. The van der Waals surface area contributed by atoms with E-state index in [0.717, 1.165) is 22.6 Å². The highest BCUT2D eigenvalue weighted by Crippen LogP contribution is 2.21. The van der Waals surface area contributed by atoms with Crippen LogP contribution in [0.25, 0.3) is 11.3 Å². The Morgan fingerprint density at radius 1 is 1.08 bits per heavy atom. The van der Waals surface area contributed by atoms with E-state index < -0.39 is 0 Å². The summed E-state index contributed by atoms with van der Waals surface area (Å²) in [4.78, 5) is 16.7. The lowest BCUT2D eigenvalue weighted by molar-refractivity contribution is 0.0954. The van der Waals surface area contributed by atoms with E-state index in [0.29, 0.717) is 18.5 Å². The topological polar surface area (TPSA) is 71.5 Å². The summed E-state index contributed by atoms with van der Waals surface area (Å²) in [6.45, 7) is 0.518. The van der Waals surface area contributed by atoms with Crippen molar-refractivity contribution in [3.05, 3.63) is 78.0 Å². The number of carbonyl (C=O) groups excluding carboxylic acids is 1. The molecule has 0 saturated heterocycles. The second kappa shape index (κ2) is 8.16. The van der Waals surface area contributed by atoms with E-state index in [4.69, 9.17) is 4.74 Å². The number of hydrogen-bond acceptors (Lipinski definition) is 4. The number of aromatic hydroxyl groups is 1. The highest BCUT2D eigenvalue weighted by Gasteiger charge is 2.08. The Balaban J connectivity index is 1.63. The summed E-state index contributed by atoms with van der Waals surface area (Å²) in [6.07, 6.45) is 2.33. The van der Waals surface area contributed by atoms with Gasteiger partial charge in [-0.3, -0.25) is 9.78 Å². The number of aromatic nitrogens is 1. The van der Waals surface area contributed by atoms with E-state index in [9.17, 15) is 9.90 Å². The molecule has 0 spiro atoms. The molecular formula is C21H20N2O3. The molecule has 0 saturated carbocycles. The maximum absolute atomic E-state index is 12.4. The Labute approximate surface area is 152 Å². The standard InChI is InChI=1S/C21H20N2O3/c1-26-19-8-4-16(5-9-19)20-14-17(11-13-22-20)21(25)23-12-10-15-2-6-18(24)7-3-15/h2-9,11,13-14,24H,10,12H2,1H3,(H,23,25). The molecule has 2 N–H and O–H groups in total. The zero-order valence-corrected chi connectivity index (χ0v) is 14.5. The summed E-state index contributed by atoms with van der Waals surface area (Å²) in [5, 5.41) is 12.2. The van der Waals surface area contributed by atoms with Crippen molar-refractivity contribution in [2.24, 2.45) is 0 Å². The Morgan fingerprint density at radius 2 is 1.81 bits per heavy atom. The third-order valence-electron chi connectivity index (χ3n) is 4.04. The Kier molecular flexibility index (Phi) is 5.49. The lowest BCUT2D eigenvalue weighted by Crippen LogP contribution is -2.25. The summed E-state index contributed by atoms with van der Waals surface area (Å²) >= 11 is 0. The van der Waals surface area contributed by atoms with Gasteiger partial charge < -0.3 is 15.2 Å². The molecule has 0 aliphatic rings. The number of nitrogens with one attached hydrogen (secondary N) is 1. The van der Waals surface area contributed by atoms with Crippen LogP contribution in [-0.4, -0.2) is 29.7 Å². The van der Waals surface area contributed by atoms with Crippen molar-refractivity contribution < 1.29 is 14.6 Å². The van der Waals surface area contributed by atoms with Crippen molar-refractivity contribution >= 4 is 5.91 Å². The molecule has 1 amide bonds. The van der Waals surface area contributed by atoms with Crippen LogP contribution in [0.1, 0.15) is 15.9 Å². The van der Waals surface area contributed by atoms with Crippen LogP contribution >= 0.6 is 0 Å². The van der Waals surface area contributed by atoms with Crippen molar-refractivity contribution in [2.45, 2.75) is 6.42 Å². The van der Waals surface area contributed by atoms with Crippen LogP contribution < -0.4 is 10.1 Å². The van der Waals surface area contributed by atoms with Crippen LogP contribution in [0.2, 0.25) is 0 Å².